The van der Waals surface area contributed by atoms with Gasteiger partial charge in [0.05, 0.1) is 23.2 Å². The number of amides is 2. The molecule has 0 fully saturated rings. The molecule has 8 nitrogen and oxygen atoms in total. The Hall–Kier alpha value is -4.70. The molecule has 204 valence electrons. The Morgan fingerprint density at radius 1 is 0.951 bits per heavy atom. The van der Waals surface area contributed by atoms with Gasteiger partial charge in [-0.1, -0.05) is 73.7 Å². The molecule has 0 aliphatic carbocycles. The van der Waals surface area contributed by atoms with Gasteiger partial charge in [-0.3, -0.25) is 19.3 Å². The quantitative estimate of drug-likeness (QED) is 0.281. The number of fused-ring (bicyclic) bond motifs is 5. The van der Waals surface area contributed by atoms with E-state index in [4.69, 9.17) is 4.42 Å². The molecule has 3 aromatic carbocycles. The Labute approximate surface area is 237 Å². The third kappa shape index (κ3) is 3.53. The van der Waals surface area contributed by atoms with Crippen molar-refractivity contribution in [3.8, 4) is 0 Å². The first-order valence-electron chi connectivity index (χ1n) is 13.2. The van der Waals surface area contributed by atoms with Crippen molar-refractivity contribution < 1.29 is 18.4 Å². The predicted octanol–water partition coefficient (Wildman–Crippen LogP) is 5.43. The average Bonchev–Trinajstić information content (AvgIpc) is 3.59. The molecule has 1 atom stereocenters. The zero-order valence-electron chi connectivity index (χ0n) is 22.1. The van der Waals surface area contributed by atoms with E-state index in [0.717, 1.165) is 0 Å². The molecule has 0 N–H and O–H groups in total. The standard InChI is InChI=1S/C31H23FN4O4S/c1-17(2)15-24-33-34-30(41-24)36-28(38)27-25(26(37)19-10-4-8-14-23(19)40-27)31(36)20-11-5-7-13-22(20)35(29(31)39)16-18-9-3-6-12-21(18)32/h3-14,17H,15-16H2,1-2H3. The minimum absolute atomic E-state index is 0.0738. The van der Waals surface area contributed by atoms with Gasteiger partial charge in [-0.15, -0.1) is 10.2 Å². The summed E-state index contributed by atoms with van der Waals surface area (Å²) in [6.45, 7) is 3.99. The fourth-order valence-electron chi connectivity index (χ4n) is 5.83. The Bertz CT molecular complexity index is 1950. The van der Waals surface area contributed by atoms with Gasteiger partial charge in [0.2, 0.25) is 10.9 Å². The summed E-state index contributed by atoms with van der Waals surface area (Å²) < 4.78 is 20.9. The molecule has 0 saturated carbocycles. The van der Waals surface area contributed by atoms with Crippen molar-refractivity contribution in [3.63, 3.8) is 0 Å². The number of nitrogens with zero attached hydrogens (tertiary/aromatic N) is 4. The second-order valence-corrected chi connectivity index (χ2v) is 11.6. The van der Waals surface area contributed by atoms with E-state index in [1.165, 1.54) is 27.2 Å². The minimum atomic E-state index is -1.91. The largest absolute Gasteiger partial charge is 0.450 e. The van der Waals surface area contributed by atoms with Crippen LogP contribution in [0.3, 0.4) is 0 Å². The molecule has 0 radical (unpaired) electrons. The molecule has 4 heterocycles. The lowest BCUT2D eigenvalue weighted by molar-refractivity contribution is -0.121. The summed E-state index contributed by atoms with van der Waals surface area (Å²) in [7, 11) is 0. The highest BCUT2D eigenvalue weighted by molar-refractivity contribution is 7.15. The molecule has 2 aliphatic heterocycles. The maximum Gasteiger partial charge on any atom is 0.297 e. The lowest BCUT2D eigenvalue weighted by Gasteiger charge is -2.32. The predicted molar refractivity (Wildman–Crippen MR) is 153 cm³/mol. The van der Waals surface area contributed by atoms with Crippen molar-refractivity contribution in [1.82, 2.24) is 10.2 Å². The highest BCUT2D eigenvalue weighted by Crippen LogP contribution is 2.54. The van der Waals surface area contributed by atoms with E-state index in [2.05, 4.69) is 10.2 Å². The van der Waals surface area contributed by atoms with Crippen LogP contribution < -0.4 is 15.2 Å². The van der Waals surface area contributed by atoms with Crippen molar-refractivity contribution in [2.45, 2.75) is 32.4 Å². The van der Waals surface area contributed by atoms with E-state index >= 15 is 0 Å². The van der Waals surface area contributed by atoms with Crippen LogP contribution in [0.2, 0.25) is 0 Å². The van der Waals surface area contributed by atoms with Crippen LogP contribution in [-0.2, 0) is 23.3 Å². The Balaban J connectivity index is 1.53. The number of benzene rings is 3. The summed E-state index contributed by atoms with van der Waals surface area (Å²) in [6, 6.07) is 19.8. The first kappa shape index (κ1) is 25.3. The maximum atomic E-state index is 14.9. The van der Waals surface area contributed by atoms with Crippen molar-refractivity contribution in [3.05, 3.63) is 116 Å². The van der Waals surface area contributed by atoms with Gasteiger partial charge in [-0.25, -0.2) is 4.39 Å². The summed E-state index contributed by atoms with van der Waals surface area (Å²) in [5.74, 6) is -1.63. The van der Waals surface area contributed by atoms with Gasteiger partial charge in [-0.05, 0) is 30.2 Å². The smallest absolute Gasteiger partial charge is 0.297 e. The fraction of sp³-hybridized carbons (Fsp3) is 0.194. The van der Waals surface area contributed by atoms with Crippen LogP contribution in [0.4, 0.5) is 15.2 Å². The van der Waals surface area contributed by atoms with Gasteiger partial charge in [-0.2, -0.15) is 0 Å². The molecular weight excluding hydrogens is 543 g/mol. The number of carbonyl (C=O) groups excluding carboxylic acids is 2. The zero-order valence-corrected chi connectivity index (χ0v) is 22.9. The summed E-state index contributed by atoms with van der Waals surface area (Å²) in [5, 5.41) is 9.75. The summed E-state index contributed by atoms with van der Waals surface area (Å²) in [5.41, 5.74) is -1.06. The number of hydrogen-bond donors (Lipinski definition) is 0. The molecule has 0 bridgehead atoms. The highest BCUT2D eigenvalue weighted by Gasteiger charge is 2.66. The lowest BCUT2D eigenvalue weighted by atomic mass is 9.84. The number of anilines is 2. The number of aromatic nitrogens is 2. The minimum Gasteiger partial charge on any atom is -0.450 e. The molecule has 1 spiro atoms. The molecule has 2 amide bonds. The molecular formula is C31H23FN4O4S. The fourth-order valence-corrected chi connectivity index (χ4v) is 6.93. The van der Waals surface area contributed by atoms with Gasteiger partial charge in [0.15, 0.2) is 11.0 Å². The SMILES string of the molecule is CC(C)Cc1nnc(N2C(=O)c3oc4ccccc4c(=O)c3C23C(=O)N(Cc2ccccc2F)c2ccccc23)s1. The van der Waals surface area contributed by atoms with E-state index < -0.39 is 28.6 Å². The summed E-state index contributed by atoms with van der Waals surface area (Å²) in [4.78, 5) is 46.0. The van der Waals surface area contributed by atoms with E-state index in [-0.39, 0.29) is 39.9 Å². The van der Waals surface area contributed by atoms with Crippen LogP contribution in [0, 0.1) is 11.7 Å². The van der Waals surface area contributed by atoms with E-state index in [9.17, 15) is 18.8 Å². The van der Waals surface area contributed by atoms with Gasteiger partial charge >= 0.3 is 0 Å². The van der Waals surface area contributed by atoms with Gasteiger partial charge in [0.1, 0.15) is 16.4 Å². The number of hydrogen-bond acceptors (Lipinski definition) is 7. The maximum absolute atomic E-state index is 14.9. The van der Waals surface area contributed by atoms with Crippen LogP contribution in [-0.4, -0.2) is 22.0 Å². The van der Waals surface area contributed by atoms with Gasteiger partial charge < -0.3 is 9.32 Å². The monoisotopic (exact) mass is 566 g/mol. The van der Waals surface area contributed by atoms with E-state index in [0.29, 0.717) is 28.2 Å². The van der Waals surface area contributed by atoms with Crippen molar-refractivity contribution >= 4 is 44.9 Å². The molecule has 2 aliphatic rings. The first-order chi connectivity index (χ1) is 19.8. The molecule has 7 rings (SSSR count). The summed E-state index contributed by atoms with van der Waals surface area (Å²) >= 11 is 1.20. The normalized spacial score (nSPS) is 17.8. The number of para-hydroxylation sites is 2. The first-order valence-corrected chi connectivity index (χ1v) is 14.0. The van der Waals surface area contributed by atoms with Crippen molar-refractivity contribution in [2.24, 2.45) is 5.92 Å². The second-order valence-electron chi connectivity index (χ2n) is 10.6. The summed E-state index contributed by atoms with van der Waals surface area (Å²) in [6.07, 6.45) is 0.630. The molecule has 41 heavy (non-hydrogen) atoms. The molecule has 5 aromatic rings. The molecule has 1 unspecified atom stereocenters. The van der Waals surface area contributed by atoms with E-state index in [1.807, 2.05) is 13.8 Å². The second kappa shape index (κ2) is 9.17. The average molecular weight is 567 g/mol. The number of rotatable bonds is 5. The zero-order chi connectivity index (χ0) is 28.5. The van der Waals surface area contributed by atoms with Crippen LogP contribution in [0.15, 0.2) is 82.0 Å². The van der Waals surface area contributed by atoms with Crippen LogP contribution in [0.1, 0.15) is 46.1 Å². The highest BCUT2D eigenvalue weighted by atomic mass is 32.1. The van der Waals surface area contributed by atoms with Gasteiger partial charge in [0, 0.05) is 17.5 Å². The topological polar surface area (TPSA) is 96.6 Å². The number of halogens is 1. The lowest BCUT2D eigenvalue weighted by Crippen LogP contribution is -2.53. The van der Waals surface area contributed by atoms with Crippen molar-refractivity contribution in [1.29, 1.82) is 0 Å². The van der Waals surface area contributed by atoms with Crippen LogP contribution in [0.5, 0.6) is 0 Å². The third-order valence-corrected chi connectivity index (χ3v) is 8.48. The van der Waals surface area contributed by atoms with Gasteiger partial charge in [0.25, 0.3) is 11.8 Å². The van der Waals surface area contributed by atoms with E-state index in [1.54, 1.807) is 66.7 Å². The van der Waals surface area contributed by atoms with Crippen LogP contribution >= 0.6 is 11.3 Å². The molecule has 10 heteroatoms. The van der Waals surface area contributed by atoms with Crippen LogP contribution in [0.25, 0.3) is 11.0 Å². The Morgan fingerprint density at radius 2 is 1.68 bits per heavy atom. The van der Waals surface area contributed by atoms with Crippen molar-refractivity contribution in [2.75, 3.05) is 9.80 Å². The Morgan fingerprint density at radius 3 is 2.49 bits per heavy atom. The molecule has 0 saturated heterocycles. The Kier molecular flexibility index (Phi) is 5.65. The third-order valence-electron chi connectivity index (χ3n) is 7.55. The molecule has 2 aromatic heterocycles. The number of carbonyl (C=O) groups is 2.